The van der Waals surface area contributed by atoms with Crippen LogP contribution in [0.25, 0.3) is 11.0 Å². The largest absolute Gasteiger partial charge is 0.462 e. The van der Waals surface area contributed by atoms with Gasteiger partial charge in [-0.15, -0.1) is 0 Å². The number of hydrogen-bond donors (Lipinski definition) is 1. The number of aromatic nitrogens is 2. The van der Waals surface area contributed by atoms with Gasteiger partial charge in [-0.3, -0.25) is 0 Å². The Hall–Kier alpha value is -3.75. The number of carbonyl (C=O) groups excluding carboxylic acids is 2. The number of nitrogens with zero attached hydrogens (tertiary/aromatic N) is 3. The van der Waals surface area contributed by atoms with Crippen molar-refractivity contribution in [1.82, 2.24) is 14.9 Å². The Balaban J connectivity index is 1.53. The smallest absolute Gasteiger partial charge is 0.410 e. The van der Waals surface area contributed by atoms with Gasteiger partial charge in [0.15, 0.2) is 0 Å². The van der Waals surface area contributed by atoms with E-state index in [0.717, 1.165) is 16.7 Å². The lowest BCUT2D eigenvalue weighted by Crippen LogP contribution is -2.50. The summed E-state index contributed by atoms with van der Waals surface area (Å²) in [7, 11) is 0. The highest BCUT2D eigenvalue weighted by molar-refractivity contribution is 5.93. The van der Waals surface area contributed by atoms with Gasteiger partial charge in [-0.2, -0.15) is 0 Å². The maximum absolute atomic E-state index is 12.6. The first-order valence-electron chi connectivity index (χ1n) is 11.4. The van der Waals surface area contributed by atoms with E-state index in [1.54, 1.807) is 24.1 Å². The van der Waals surface area contributed by atoms with Crippen LogP contribution in [0.1, 0.15) is 38.1 Å². The Bertz CT molecular complexity index is 1180. The highest BCUT2D eigenvalue weighted by atomic mass is 16.6. The van der Waals surface area contributed by atoms with Crippen LogP contribution in [0.2, 0.25) is 0 Å². The van der Waals surface area contributed by atoms with Gasteiger partial charge in [0, 0.05) is 49.5 Å². The number of rotatable bonds is 5. The molecule has 0 bridgehead atoms. The SMILES string of the molecule is CCOC(=O)c1ccc(N2CCN(C(=O)OC(C)(C)C)CC2)cc1Oc1cnc2[nH]ccc2c1. The zero-order chi connectivity index (χ0) is 24.3. The van der Waals surface area contributed by atoms with Crippen LogP contribution in [0.5, 0.6) is 11.5 Å². The molecular weight excluding hydrogens is 436 g/mol. The van der Waals surface area contributed by atoms with Crippen LogP contribution in [-0.4, -0.2) is 65.3 Å². The Morgan fingerprint density at radius 3 is 2.56 bits per heavy atom. The standard InChI is InChI=1S/C25H30N4O5/c1-5-32-23(30)20-7-6-18(28-10-12-29(13-11-28)24(31)34-25(2,3)4)15-21(20)33-19-14-17-8-9-26-22(17)27-16-19/h6-9,14-16H,5,10-13H2,1-4H3,(H,26,27). The number of fused-ring (bicyclic) bond motifs is 1. The van der Waals surface area contributed by atoms with Gasteiger partial charge in [-0.25, -0.2) is 14.6 Å². The van der Waals surface area contributed by atoms with Gasteiger partial charge in [0.25, 0.3) is 0 Å². The fourth-order valence-corrected chi connectivity index (χ4v) is 3.75. The molecule has 0 spiro atoms. The fraction of sp³-hybridized carbons (Fsp3) is 0.400. The molecule has 9 heteroatoms. The lowest BCUT2D eigenvalue weighted by molar-refractivity contribution is 0.0240. The summed E-state index contributed by atoms with van der Waals surface area (Å²) < 4.78 is 16.8. The summed E-state index contributed by atoms with van der Waals surface area (Å²) in [5.74, 6) is 0.459. The average molecular weight is 467 g/mol. The maximum Gasteiger partial charge on any atom is 0.410 e. The monoisotopic (exact) mass is 466 g/mol. The topological polar surface area (TPSA) is 97.0 Å². The third-order valence-electron chi connectivity index (χ3n) is 5.36. The molecule has 1 fully saturated rings. The van der Waals surface area contributed by atoms with E-state index < -0.39 is 11.6 Å². The number of amides is 1. The molecule has 0 saturated carbocycles. The number of piperazine rings is 1. The van der Waals surface area contributed by atoms with Gasteiger partial charge in [-0.1, -0.05) is 0 Å². The number of ether oxygens (including phenoxy) is 3. The van der Waals surface area contributed by atoms with Gasteiger partial charge in [-0.05, 0) is 52.0 Å². The highest BCUT2D eigenvalue weighted by Gasteiger charge is 2.27. The predicted molar refractivity (Wildman–Crippen MR) is 129 cm³/mol. The minimum atomic E-state index is -0.526. The second kappa shape index (κ2) is 9.62. The first kappa shape index (κ1) is 23.4. The molecule has 1 amide bonds. The van der Waals surface area contributed by atoms with Crippen molar-refractivity contribution in [3.63, 3.8) is 0 Å². The van der Waals surface area contributed by atoms with Gasteiger partial charge < -0.3 is 29.0 Å². The number of carbonyl (C=O) groups is 2. The van der Waals surface area contributed by atoms with Crippen molar-refractivity contribution in [2.75, 3.05) is 37.7 Å². The number of pyridine rings is 1. The highest BCUT2D eigenvalue weighted by Crippen LogP contribution is 2.32. The quantitative estimate of drug-likeness (QED) is 0.549. The normalized spacial score (nSPS) is 14.2. The Morgan fingerprint density at radius 1 is 1.09 bits per heavy atom. The fourth-order valence-electron chi connectivity index (χ4n) is 3.75. The number of H-pyrrole nitrogens is 1. The Labute approximate surface area is 198 Å². The molecule has 3 aromatic rings. The van der Waals surface area contributed by atoms with Crippen molar-refractivity contribution < 1.29 is 23.8 Å². The van der Waals surface area contributed by atoms with Crippen LogP contribution in [-0.2, 0) is 9.47 Å². The molecule has 1 N–H and O–H groups in total. The molecule has 0 radical (unpaired) electrons. The van der Waals surface area contributed by atoms with E-state index in [9.17, 15) is 9.59 Å². The minimum absolute atomic E-state index is 0.267. The molecular formula is C25H30N4O5. The second-order valence-corrected chi connectivity index (χ2v) is 9.04. The molecule has 2 aromatic heterocycles. The first-order valence-corrected chi connectivity index (χ1v) is 11.4. The van der Waals surface area contributed by atoms with Gasteiger partial charge >= 0.3 is 12.1 Å². The molecule has 0 unspecified atom stereocenters. The molecule has 1 aliphatic heterocycles. The van der Waals surface area contributed by atoms with E-state index in [0.29, 0.717) is 43.2 Å². The van der Waals surface area contributed by atoms with Gasteiger partial charge in [0.05, 0.1) is 12.8 Å². The Morgan fingerprint density at radius 2 is 1.85 bits per heavy atom. The number of aromatic amines is 1. The van der Waals surface area contributed by atoms with E-state index in [2.05, 4.69) is 14.9 Å². The third kappa shape index (κ3) is 5.41. The molecule has 1 aromatic carbocycles. The first-order chi connectivity index (χ1) is 16.2. The molecule has 1 saturated heterocycles. The number of benzene rings is 1. The van der Waals surface area contributed by atoms with E-state index in [1.165, 1.54) is 0 Å². The summed E-state index contributed by atoms with van der Waals surface area (Å²) in [5.41, 5.74) is 1.46. The van der Waals surface area contributed by atoms with E-state index >= 15 is 0 Å². The summed E-state index contributed by atoms with van der Waals surface area (Å²) in [6.45, 7) is 9.95. The molecule has 34 heavy (non-hydrogen) atoms. The number of anilines is 1. The van der Waals surface area contributed by atoms with E-state index in [4.69, 9.17) is 14.2 Å². The molecule has 180 valence electrons. The molecule has 4 rings (SSSR count). The van der Waals surface area contributed by atoms with Crippen LogP contribution >= 0.6 is 0 Å². The van der Waals surface area contributed by atoms with Crippen LogP contribution in [0.3, 0.4) is 0 Å². The number of hydrogen-bond acceptors (Lipinski definition) is 7. The van der Waals surface area contributed by atoms with Crippen molar-refractivity contribution in [2.45, 2.75) is 33.3 Å². The van der Waals surface area contributed by atoms with Crippen molar-refractivity contribution in [1.29, 1.82) is 0 Å². The van der Waals surface area contributed by atoms with Crippen molar-refractivity contribution >= 4 is 28.8 Å². The van der Waals surface area contributed by atoms with Crippen molar-refractivity contribution in [3.05, 3.63) is 48.3 Å². The number of esters is 1. The van der Waals surface area contributed by atoms with Crippen LogP contribution in [0.4, 0.5) is 10.5 Å². The van der Waals surface area contributed by atoms with Crippen LogP contribution < -0.4 is 9.64 Å². The predicted octanol–water partition coefficient (Wildman–Crippen LogP) is 4.59. The van der Waals surface area contributed by atoms with E-state index in [1.807, 2.05) is 51.2 Å². The Kier molecular flexibility index (Phi) is 6.63. The van der Waals surface area contributed by atoms with E-state index in [-0.39, 0.29) is 12.7 Å². The van der Waals surface area contributed by atoms with Crippen molar-refractivity contribution in [2.24, 2.45) is 0 Å². The molecule has 3 heterocycles. The lowest BCUT2D eigenvalue weighted by Gasteiger charge is -2.36. The lowest BCUT2D eigenvalue weighted by atomic mass is 10.1. The zero-order valence-electron chi connectivity index (χ0n) is 20.0. The third-order valence-corrected chi connectivity index (χ3v) is 5.36. The maximum atomic E-state index is 12.6. The van der Waals surface area contributed by atoms with Crippen molar-refractivity contribution in [3.8, 4) is 11.5 Å². The average Bonchev–Trinajstić information content (AvgIpc) is 3.26. The van der Waals surface area contributed by atoms with Gasteiger partial charge in [0.1, 0.15) is 28.3 Å². The van der Waals surface area contributed by atoms with Crippen LogP contribution in [0.15, 0.2) is 42.7 Å². The van der Waals surface area contributed by atoms with Gasteiger partial charge in [0.2, 0.25) is 0 Å². The second-order valence-electron chi connectivity index (χ2n) is 9.04. The summed E-state index contributed by atoms with van der Waals surface area (Å²) in [6, 6.07) is 9.18. The van der Waals surface area contributed by atoms with Crippen LogP contribution in [0, 0.1) is 0 Å². The molecule has 9 nitrogen and oxygen atoms in total. The summed E-state index contributed by atoms with van der Waals surface area (Å²) >= 11 is 0. The summed E-state index contributed by atoms with van der Waals surface area (Å²) in [6.07, 6.45) is 3.12. The number of nitrogens with one attached hydrogen (secondary N) is 1. The summed E-state index contributed by atoms with van der Waals surface area (Å²) in [5, 5.41) is 0.907. The minimum Gasteiger partial charge on any atom is -0.462 e. The molecule has 0 aliphatic carbocycles. The molecule has 0 atom stereocenters. The summed E-state index contributed by atoms with van der Waals surface area (Å²) in [4.78, 5) is 36.2. The molecule has 1 aliphatic rings. The zero-order valence-corrected chi connectivity index (χ0v) is 20.0.